The highest BCUT2D eigenvalue weighted by Crippen LogP contribution is 2.16. The second-order valence-electron chi connectivity index (χ2n) is 3.93. The molecule has 2 heterocycles. The van der Waals surface area contributed by atoms with Gasteiger partial charge in [0.1, 0.15) is 5.82 Å². The maximum atomic E-state index is 4.44. The lowest BCUT2D eigenvalue weighted by Crippen LogP contribution is -2.18. The summed E-state index contributed by atoms with van der Waals surface area (Å²) in [5.74, 6) is 1.60. The average molecular weight is 248 g/mol. The fourth-order valence-corrected chi connectivity index (χ4v) is 2.26. The molecule has 2 aromatic heterocycles. The van der Waals surface area contributed by atoms with Gasteiger partial charge in [-0.05, 0) is 29.3 Å². The zero-order valence-electron chi connectivity index (χ0n) is 10.3. The number of aromatic nitrogens is 2. The highest BCUT2D eigenvalue weighted by atomic mass is 32.1. The van der Waals surface area contributed by atoms with Gasteiger partial charge < -0.3 is 10.2 Å². The van der Waals surface area contributed by atoms with Crippen molar-refractivity contribution < 1.29 is 0 Å². The lowest BCUT2D eigenvalue weighted by atomic mass is 10.3. The Labute approximate surface area is 105 Å². The van der Waals surface area contributed by atoms with Crippen LogP contribution in [0, 0.1) is 6.92 Å². The van der Waals surface area contributed by atoms with E-state index in [0.717, 1.165) is 18.1 Å². The Kier molecular flexibility index (Phi) is 3.58. The molecule has 0 saturated carbocycles. The van der Waals surface area contributed by atoms with Crippen molar-refractivity contribution in [2.45, 2.75) is 13.5 Å². The van der Waals surface area contributed by atoms with Crippen molar-refractivity contribution in [3.63, 3.8) is 0 Å². The van der Waals surface area contributed by atoms with E-state index >= 15 is 0 Å². The minimum absolute atomic E-state index is 0.664. The standard InChI is InChI=1S/C12H16N4S/c1-9-6-11(15-12(13-2)14-9)16(3)7-10-4-5-17-8-10/h4-6,8H,7H2,1-3H3,(H,13,14,15). The van der Waals surface area contributed by atoms with E-state index in [9.17, 15) is 0 Å². The van der Waals surface area contributed by atoms with Gasteiger partial charge in [-0.3, -0.25) is 0 Å². The second-order valence-corrected chi connectivity index (χ2v) is 4.71. The van der Waals surface area contributed by atoms with Crippen LogP contribution in [0.2, 0.25) is 0 Å². The zero-order valence-corrected chi connectivity index (χ0v) is 11.1. The minimum Gasteiger partial charge on any atom is -0.357 e. The Morgan fingerprint density at radius 1 is 1.41 bits per heavy atom. The van der Waals surface area contributed by atoms with Crippen molar-refractivity contribution in [1.82, 2.24) is 9.97 Å². The summed E-state index contributed by atoms with van der Waals surface area (Å²) in [6.07, 6.45) is 0. The van der Waals surface area contributed by atoms with Crippen molar-refractivity contribution in [1.29, 1.82) is 0 Å². The SMILES string of the molecule is CNc1nc(C)cc(N(C)Cc2ccsc2)n1. The van der Waals surface area contributed by atoms with Crippen molar-refractivity contribution >= 4 is 23.1 Å². The third kappa shape index (κ3) is 2.94. The predicted molar refractivity (Wildman–Crippen MR) is 72.7 cm³/mol. The first kappa shape index (κ1) is 11.9. The van der Waals surface area contributed by atoms with E-state index in [1.54, 1.807) is 11.3 Å². The molecule has 0 aliphatic carbocycles. The van der Waals surface area contributed by atoms with Crippen LogP contribution in [0.5, 0.6) is 0 Å². The first-order valence-corrected chi connectivity index (χ1v) is 6.39. The summed E-state index contributed by atoms with van der Waals surface area (Å²) in [4.78, 5) is 10.8. The number of aryl methyl sites for hydroxylation is 1. The summed E-state index contributed by atoms with van der Waals surface area (Å²) in [5, 5.41) is 7.22. The van der Waals surface area contributed by atoms with Crippen LogP contribution in [0.3, 0.4) is 0 Å². The van der Waals surface area contributed by atoms with Gasteiger partial charge in [0.05, 0.1) is 0 Å². The van der Waals surface area contributed by atoms with Gasteiger partial charge in [0, 0.05) is 32.4 Å². The largest absolute Gasteiger partial charge is 0.357 e. The Morgan fingerprint density at radius 2 is 2.24 bits per heavy atom. The summed E-state index contributed by atoms with van der Waals surface area (Å²) in [5.41, 5.74) is 2.27. The molecule has 0 unspecified atom stereocenters. The van der Waals surface area contributed by atoms with Crippen LogP contribution in [0.15, 0.2) is 22.9 Å². The summed E-state index contributed by atoms with van der Waals surface area (Å²) < 4.78 is 0. The molecule has 0 spiro atoms. The number of hydrogen-bond acceptors (Lipinski definition) is 5. The molecule has 1 N–H and O–H groups in total. The van der Waals surface area contributed by atoms with Gasteiger partial charge in [0.25, 0.3) is 0 Å². The number of hydrogen-bond donors (Lipinski definition) is 1. The van der Waals surface area contributed by atoms with Gasteiger partial charge in [-0.2, -0.15) is 16.3 Å². The molecule has 5 heteroatoms. The molecule has 0 aliphatic heterocycles. The van der Waals surface area contributed by atoms with Crippen LogP contribution in [0.25, 0.3) is 0 Å². The highest BCUT2D eigenvalue weighted by molar-refractivity contribution is 7.07. The Morgan fingerprint density at radius 3 is 2.88 bits per heavy atom. The van der Waals surface area contributed by atoms with Crippen LogP contribution < -0.4 is 10.2 Å². The lowest BCUT2D eigenvalue weighted by Gasteiger charge is -2.18. The summed E-state index contributed by atoms with van der Waals surface area (Å²) >= 11 is 1.72. The molecular formula is C12H16N4S. The normalized spacial score (nSPS) is 10.3. The molecule has 17 heavy (non-hydrogen) atoms. The number of nitrogens with one attached hydrogen (secondary N) is 1. The van der Waals surface area contributed by atoms with Crippen LogP contribution in [0.1, 0.15) is 11.3 Å². The fourth-order valence-electron chi connectivity index (χ4n) is 1.60. The molecule has 0 fully saturated rings. The number of thiophene rings is 1. The topological polar surface area (TPSA) is 41.1 Å². The summed E-state index contributed by atoms with van der Waals surface area (Å²) in [7, 11) is 3.87. The number of anilines is 2. The molecule has 2 rings (SSSR count). The van der Waals surface area contributed by atoms with Crippen molar-refractivity contribution in [2.75, 3.05) is 24.3 Å². The fraction of sp³-hybridized carbons (Fsp3) is 0.333. The molecule has 0 saturated heterocycles. The van der Waals surface area contributed by atoms with E-state index in [1.165, 1.54) is 5.56 Å². The molecule has 0 aliphatic rings. The van der Waals surface area contributed by atoms with Crippen molar-refractivity contribution in [2.24, 2.45) is 0 Å². The molecule has 0 amide bonds. The maximum Gasteiger partial charge on any atom is 0.224 e. The van der Waals surface area contributed by atoms with E-state index in [4.69, 9.17) is 0 Å². The van der Waals surface area contributed by atoms with E-state index in [2.05, 4.69) is 37.0 Å². The van der Waals surface area contributed by atoms with E-state index < -0.39 is 0 Å². The Bertz CT molecular complexity index is 481. The zero-order chi connectivity index (χ0) is 12.3. The van der Waals surface area contributed by atoms with Crippen LogP contribution in [-0.4, -0.2) is 24.1 Å². The third-order valence-electron chi connectivity index (χ3n) is 2.46. The van der Waals surface area contributed by atoms with Crippen molar-refractivity contribution in [3.05, 3.63) is 34.2 Å². The van der Waals surface area contributed by atoms with Crippen LogP contribution in [0.4, 0.5) is 11.8 Å². The second kappa shape index (κ2) is 5.14. The van der Waals surface area contributed by atoms with Crippen molar-refractivity contribution in [3.8, 4) is 0 Å². The smallest absolute Gasteiger partial charge is 0.224 e. The first-order valence-electron chi connectivity index (χ1n) is 5.44. The van der Waals surface area contributed by atoms with Crippen LogP contribution >= 0.6 is 11.3 Å². The molecule has 2 aromatic rings. The van der Waals surface area contributed by atoms with E-state index in [1.807, 2.05) is 27.1 Å². The molecule has 0 atom stereocenters. The molecule has 90 valence electrons. The van der Waals surface area contributed by atoms with Gasteiger partial charge in [0.15, 0.2) is 0 Å². The molecule has 0 aromatic carbocycles. The number of nitrogens with zero attached hydrogens (tertiary/aromatic N) is 3. The third-order valence-corrected chi connectivity index (χ3v) is 3.19. The summed E-state index contributed by atoms with van der Waals surface area (Å²) in [6.45, 7) is 2.84. The quantitative estimate of drug-likeness (QED) is 0.902. The lowest BCUT2D eigenvalue weighted by molar-refractivity contribution is 0.891. The van der Waals surface area contributed by atoms with Gasteiger partial charge in [-0.25, -0.2) is 4.98 Å². The van der Waals surface area contributed by atoms with Gasteiger partial charge in [-0.15, -0.1) is 0 Å². The molecule has 0 radical (unpaired) electrons. The molecule has 0 bridgehead atoms. The predicted octanol–water partition coefficient (Wildman–Crippen LogP) is 2.52. The van der Waals surface area contributed by atoms with Crippen LogP contribution in [-0.2, 0) is 6.54 Å². The summed E-state index contributed by atoms with van der Waals surface area (Å²) in [6, 6.07) is 4.13. The minimum atomic E-state index is 0.664. The average Bonchev–Trinajstić information content (AvgIpc) is 2.81. The monoisotopic (exact) mass is 248 g/mol. The maximum absolute atomic E-state index is 4.44. The molecule has 4 nitrogen and oxygen atoms in total. The van der Waals surface area contributed by atoms with Gasteiger partial charge in [0.2, 0.25) is 5.95 Å². The molecular weight excluding hydrogens is 232 g/mol. The van der Waals surface area contributed by atoms with Gasteiger partial charge in [-0.1, -0.05) is 0 Å². The Hall–Kier alpha value is -1.62. The Balaban J connectivity index is 2.18. The van der Waals surface area contributed by atoms with E-state index in [0.29, 0.717) is 5.95 Å². The first-order chi connectivity index (χ1) is 8.19. The highest BCUT2D eigenvalue weighted by Gasteiger charge is 2.06. The number of rotatable bonds is 4. The van der Waals surface area contributed by atoms with E-state index in [-0.39, 0.29) is 0 Å². The van der Waals surface area contributed by atoms with Gasteiger partial charge >= 0.3 is 0 Å².